The number of hydrogen-bond donors (Lipinski definition) is 0. The molecule has 0 saturated carbocycles. The standard InChI is InChI=1S/C21H21ClN2O4S/c1-4-24(18-11-9-15-7-5-6-8-16(15)13-18)21(25)17-10-12-19(22)20(14-17)29(26,27)23(2)28-3/h5-14H,4H2,1-3H3. The molecule has 0 saturated heterocycles. The van der Waals surface area contributed by atoms with Gasteiger partial charge in [-0.2, -0.15) is 0 Å². The zero-order valence-electron chi connectivity index (χ0n) is 16.3. The summed E-state index contributed by atoms with van der Waals surface area (Å²) in [5.74, 6) is -0.323. The van der Waals surface area contributed by atoms with Gasteiger partial charge in [0.1, 0.15) is 4.90 Å². The van der Waals surface area contributed by atoms with Crippen LogP contribution >= 0.6 is 11.6 Å². The van der Waals surface area contributed by atoms with Crippen molar-refractivity contribution in [3.8, 4) is 0 Å². The van der Waals surface area contributed by atoms with Gasteiger partial charge in [-0.05, 0) is 48.0 Å². The first-order valence-electron chi connectivity index (χ1n) is 8.93. The van der Waals surface area contributed by atoms with Gasteiger partial charge in [0.2, 0.25) is 0 Å². The Bertz CT molecular complexity index is 1160. The third-order valence-electron chi connectivity index (χ3n) is 4.66. The maximum absolute atomic E-state index is 13.2. The normalized spacial score (nSPS) is 11.8. The van der Waals surface area contributed by atoms with Crippen LogP contribution in [-0.2, 0) is 14.9 Å². The van der Waals surface area contributed by atoms with Gasteiger partial charge in [0.25, 0.3) is 15.9 Å². The number of fused-ring (bicyclic) bond motifs is 1. The van der Waals surface area contributed by atoms with Crippen LogP contribution in [0.5, 0.6) is 0 Å². The molecule has 0 aliphatic rings. The molecule has 3 aromatic rings. The van der Waals surface area contributed by atoms with Crippen molar-refractivity contribution in [1.29, 1.82) is 0 Å². The molecule has 3 aromatic carbocycles. The number of carbonyl (C=O) groups is 1. The van der Waals surface area contributed by atoms with E-state index in [1.165, 1.54) is 32.4 Å². The topological polar surface area (TPSA) is 66.9 Å². The van der Waals surface area contributed by atoms with Crippen LogP contribution in [0, 0.1) is 0 Å². The fourth-order valence-corrected chi connectivity index (χ4v) is 4.49. The van der Waals surface area contributed by atoms with Crippen LogP contribution in [0.15, 0.2) is 65.6 Å². The molecule has 8 heteroatoms. The van der Waals surface area contributed by atoms with E-state index in [0.717, 1.165) is 16.5 Å². The number of anilines is 1. The molecule has 3 rings (SSSR count). The molecule has 0 atom stereocenters. The number of carbonyl (C=O) groups excluding carboxylic acids is 1. The van der Waals surface area contributed by atoms with E-state index in [0.29, 0.717) is 11.0 Å². The molecule has 6 nitrogen and oxygen atoms in total. The van der Waals surface area contributed by atoms with E-state index in [-0.39, 0.29) is 21.4 Å². The monoisotopic (exact) mass is 432 g/mol. The first kappa shape index (κ1) is 21.3. The molecule has 0 fully saturated rings. The SMILES string of the molecule is CCN(C(=O)c1ccc(Cl)c(S(=O)(=O)N(C)OC)c1)c1ccc2ccccc2c1. The minimum absolute atomic E-state index is 0.0132. The van der Waals surface area contributed by atoms with Crippen molar-refractivity contribution in [2.24, 2.45) is 0 Å². The number of benzene rings is 3. The number of hydrogen-bond acceptors (Lipinski definition) is 4. The van der Waals surface area contributed by atoms with Crippen LogP contribution in [0.25, 0.3) is 10.8 Å². The van der Waals surface area contributed by atoms with Crippen molar-refractivity contribution in [3.63, 3.8) is 0 Å². The van der Waals surface area contributed by atoms with E-state index in [4.69, 9.17) is 16.4 Å². The molecule has 0 aliphatic carbocycles. The summed E-state index contributed by atoms with van der Waals surface area (Å²) < 4.78 is 25.9. The number of nitrogens with zero attached hydrogens (tertiary/aromatic N) is 2. The molecule has 0 aliphatic heterocycles. The van der Waals surface area contributed by atoms with E-state index in [1.807, 2.05) is 49.4 Å². The van der Waals surface area contributed by atoms with Gasteiger partial charge >= 0.3 is 0 Å². The lowest BCUT2D eigenvalue weighted by Gasteiger charge is -2.22. The average molecular weight is 433 g/mol. The lowest BCUT2D eigenvalue weighted by Crippen LogP contribution is -2.31. The summed E-state index contributed by atoms with van der Waals surface area (Å²) >= 11 is 6.10. The first-order chi connectivity index (χ1) is 13.8. The zero-order valence-corrected chi connectivity index (χ0v) is 17.9. The Balaban J connectivity index is 2.02. The second-order valence-corrected chi connectivity index (χ2v) is 8.63. The number of sulfonamides is 1. The molecule has 0 heterocycles. The maximum atomic E-state index is 13.2. The fraction of sp³-hybridized carbons (Fsp3) is 0.190. The summed E-state index contributed by atoms with van der Waals surface area (Å²) in [5.41, 5.74) is 0.942. The third-order valence-corrected chi connectivity index (χ3v) is 6.82. The minimum Gasteiger partial charge on any atom is -0.309 e. The molecule has 0 N–H and O–H groups in total. The summed E-state index contributed by atoms with van der Waals surface area (Å²) in [7, 11) is -1.50. The Morgan fingerprint density at radius 1 is 1.03 bits per heavy atom. The van der Waals surface area contributed by atoms with E-state index < -0.39 is 10.0 Å². The summed E-state index contributed by atoms with van der Waals surface area (Å²) in [6, 6.07) is 17.8. The Kier molecular flexibility index (Phi) is 6.24. The highest BCUT2D eigenvalue weighted by Gasteiger charge is 2.26. The van der Waals surface area contributed by atoms with Crippen molar-refractivity contribution in [2.75, 3.05) is 25.6 Å². The van der Waals surface area contributed by atoms with E-state index in [1.54, 1.807) is 4.90 Å². The van der Waals surface area contributed by atoms with Crippen molar-refractivity contribution in [2.45, 2.75) is 11.8 Å². The summed E-state index contributed by atoms with van der Waals surface area (Å²) in [5, 5.41) is 2.10. The number of halogens is 1. The van der Waals surface area contributed by atoms with Crippen molar-refractivity contribution < 1.29 is 18.0 Å². The molecule has 0 radical (unpaired) electrons. The highest BCUT2D eigenvalue weighted by molar-refractivity contribution is 7.89. The zero-order chi connectivity index (χ0) is 21.2. The van der Waals surface area contributed by atoms with Crippen molar-refractivity contribution in [3.05, 3.63) is 71.2 Å². The number of rotatable bonds is 6. The van der Waals surface area contributed by atoms with E-state index >= 15 is 0 Å². The predicted molar refractivity (Wildman–Crippen MR) is 115 cm³/mol. The summed E-state index contributed by atoms with van der Waals surface area (Å²) in [4.78, 5) is 19.4. The molecule has 0 spiro atoms. The van der Waals surface area contributed by atoms with Gasteiger partial charge in [-0.15, -0.1) is 0 Å². The Hall–Kier alpha value is -2.45. The highest BCUT2D eigenvalue weighted by Crippen LogP contribution is 2.28. The molecular weight excluding hydrogens is 412 g/mol. The molecule has 0 unspecified atom stereocenters. The van der Waals surface area contributed by atoms with Gasteiger partial charge in [0.05, 0.1) is 12.1 Å². The van der Waals surface area contributed by atoms with E-state index in [2.05, 4.69) is 0 Å². The maximum Gasteiger partial charge on any atom is 0.266 e. The second kappa shape index (κ2) is 8.51. The number of amides is 1. The third kappa shape index (κ3) is 4.13. The molecular formula is C21H21ClN2O4S. The minimum atomic E-state index is -3.99. The predicted octanol–water partition coefficient (Wildman–Crippen LogP) is 4.34. The molecule has 0 aromatic heterocycles. The quantitative estimate of drug-likeness (QED) is 0.543. The van der Waals surface area contributed by atoms with Gasteiger partial charge in [-0.3, -0.25) is 9.63 Å². The van der Waals surface area contributed by atoms with Gasteiger partial charge in [0, 0.05) is 24.8 Å². The van der Waals surface area contributed by atoms with Gasteiger partial charge in [-0.25, -0.2) is 8.42 Å². The Morgan fingerprint density at radius 3 is 2.38 bits per heavy atom. The van der Waals surface area contributed by atoms with Crippen molar-refractivity contribution in [1.82, 2.24) is 4.47 Å². The van der Waals surface area contributed by atoms with Crippen LogP contribution in [0.4, 0.5) is 5.69 Å². The Labute approximate surface area is 175 Å². The van der Waals surface area contributed by atoms with Gasteiger partial charge in [0.15, 0.2) is 0 Å². The number of hydroxylamine groups is 1. The Morgan fingerprint density at radius 2 is 1.72 bits per heavy atom. The second-order valence-electron chi connectivity index (χ2n) is 6.32. The molecule has 1 amide bonds. The first-order valence-corrected chi connectivity index (χ1v) is 10.7. The average Bonchev–Trinajstić information content (AvgIpc) is 2.73. The van der Waals surface area contributed by atoms with Crippen molar-refractivity contribution >= 4 is 44.0 Å². The van der Waals surface area contributed by atoms with Crippen LogP contribution in [0.2, 0.25) is 5.02 Å². The lowest BCUT2D eigenvalue weighted by molar-refractivity contribution is -0.0258. The molecule has 29 heavy (non-hydrogen) atoms. The lowest BCUT2D eigenvalue weighted by atomic mass is 10.1. The van der Waals surface area contributed by atoms with E-state index in [9.17, 15) is 13.2 Å². The van der Waals surface area contributed by atoms with Crippen LogP contribution in [0.1, 0.15) is 17.3 Å². The van der Waals surface area contributed by atoms with Crippen LogP contribution in [-0.4, -0.2) is 39.5 Å². The molecule has 152 valence electrons. The fourth-order valence-electron chi connectivity index (χ4n) is 3.01. The largest absolute Gasteiger partial charge is 0.309 e. The molecule has 0 bridgehead atoms. The summed E-state index contributed by atoms with van der Waals surface area (Å²) in [6.07, 6.45) is 0. The highest BCUT2D eigenvalue weighted by atomic mass is 35.5. The smallest absolute Gasteiger partial charge is 0.266 e. The summed E-state index contributed by atoms with van der Waals surface area (Å²) in [6.45, 7) is 2.28. The van der Waals surface area contributed by atoms with Gasteiger partial charge in [-0.1, -0.05) is 46.4 Å². The van der Waals surface area contributed by atoms with Gasteiger partial charge < -0.3 is 4.90 Å². The van der Waals surface area contributed by atoms with Crippen LogP contribution < -0.4 is 4.90 Å². The van der Waals surface area contributed by atoms with Crippen LogP contribution in [0.3, 0.4) is 0 Å².